The van der Waals surface area contributed by atoms with Crippen molar-refractivity contribution in [3.63, 3.8) is 0 Å². The first-order valence-corrected chi connectivity index (χ1v) is 6.74. The Balaban J connectivity index is 1.67. The number of carbonyl (C=O) groups excluding carboxylic acids is 1. The summed E-state index contributed by atoms with van der Waals surface area (Å²) in [6, 6.07) is 7.95. The van der Waals surface area contributed by atoms with Crippen molar-refractivity contribution >= 4 is 16.9 Å². The van der Waals surface area contributed by atoms with Gasteiger partial charge in [-0.2, -0.15) is 0 Å². The minimum Gasteiger partial charge on any atom is -0.347 e. The molecule has 0 atom stereocenters. The zero-order valence-corrected chi connectivity index (χ0v) is 11.9. The van der Waals surface area contributed by atoms with Gasteiger partial charge < -0.3 is 9.88 Å². The molecule has 3 aromatic rings. The summed E-state index contributed by atoms with van der Waals surface area (Å²) in [5, 5.41) is 9.29. The number of aromatic nitrogens is 5. The van der Waals surface area contributed by atoms with Crippen molar-refractivity contribution in [1.82, 2.24) is 30.0 Å². The van der Waals surface area contributed by atoms with Gasteiger partial charge in [0.1, 0.15) is 11.6 Å². The lowest BCUT2D eigenvalue weighted by Gasteiger charge is -2.07. The van der Waals surface area contributed by atoms with Gasteiger partial charge in [-0.3, -0.25) is 9.89 Å². The van der Waals surface area contributed by atoms with Crippen molar-refractivity contribution in [2.24, 2.45) is 0 Å². The Hall–Kier alpha value is -2.70. The fourth-order valence-electron chi connectivity index (χ4n) is 2.28. The molecular formula is C14H16N6O. The van der Waals surface area contributed by atoms with E-state index in [1.165, 1.54) is 0 Å². The highest BCUT2D eigenvalue weighted by Crippen LogP contribution is 2.14. The number of benzene rings is 1. The first-order chi connectivity index (χ1) is 10.1. The zero-order valence-electron chi connectivity index (χ0n) is 11.9. The maximum absolute atomic E-state index is 11.9. The number of nitrogens with one attached hydrogen (secondary N) is 2. The van der Waals surface area contributed by atoms with Crippen LogP contribution in [0, 0.1) is 13.8 Å². The highest BCUT2D eigenvalue weighted by Gasteiger charge is 2.11. The average molecular weight is 284 g/mol. The van der Waals surface area contributed by atoms with Crippen molar-refractivity contribution in [3.05, 3.63) is 41.7 Å². The topological polar surface area (TPSA) is 88.5 Å². The van der Waals surface area contributed by atoms with E-state index in [-0.39, 0.29) is 11.7 Å². The Labute approximate surface area is 121 Å². The van der Waals surface area contributed by atoms with Crippen LogP contribution in [0.4, 0.5) is 0 Å². The van der Waals surface area contributed by atoms with E-state index in [9.17, 15) is 4.79 Å². The number of nitrogens with zero attached hydrogens (tertiary/aromatic N) is 4. The van der Waals surface area contributed by atoms with E-state index in [1.807, 2.05) is 31.2 Å². The quantitative estimate of drug-likeness (QED) is 0.753. The van der Waals surface area contributed by atoms with Crippen molar-refractivity contribution < 1.29 is 4.79 Å². The number of aryl methyl sites for hydroxylation is 2. The average Bonchev–Trinajstić information content (AvgIpc) is 3.03. The number of hydrogen-bond acceptors (Lipinski definition) is 4. The molecular weight excluding hydrogens is 268 g/mol. The number of fused-ring (bicyclic) bond motifs is 1. The highest BCUT2D eigenvalue weighted by atomic mass is 16.2. The first kappa shape index (κ1) is 13.3. The van der Waals surface area contributed by atoms with Gasteiger partial charge in [-0.15, -0.1) is 5.10 Å². The second kappa shape index (κ2) is 5.35. The van der Waals surface area contributed by atoms with E-state index in [0.29, 0.717) is 18.9 Å². The van der Waals surface area contributed by atoms with Crippen LogP contribution in [0.3, 0.4) is 0 Å². The van der Waals surface area contributed by atoms with Crippen molar-refractivity contribution in [1.29, 1.82) is 0 Å². The van der Waals surface area contributed by atoms with E-state index < -0.39 is 0 Å². The van der Waals surface area contributed by atoms with Gasteiger partial charge in [0.15, 0.2) is 0 Å². The maximum atomic E-state index is 11.9. The van der Waals surface area contributed by atoms with Crippen LogP contribution >= 0.6 is 0 Å². The molecule has 0 radical (unpaired) electrons. The summed E-state index contributed by atoms with van der Waals surface area (Å²) >= 11 is 0. The molecule has 0 unspecified atom stereocenters. The van der Waals surface area contributed by atoms with Crippen molar-refractivity contribution in [3.8, 4) is 0 Å². The van der Waals surface area contributed by atoms with Gasteiger partial charge in [-0.1, -0.05) is 12.1 Å². The molecule has 7 heteroatoms. The minimum atomic E-state index is -0.276. The predicted molar refractivity (Wildman–Crippen MR) is 77.9 cm³/mol. The van der Waals surface area contributed by atoms with Crippen LogP contribution in [0.15, 0.2) is 24.3 Å². The number of imidazole rings is 1. The second-order valence-corrected chi connectivity index (χ2v) is 4.80. The number of hydrogen-bond donors (Lipinski definition) is 2. The Kier molecular flexibility index (Phi) is 3.39. The molecule has 0 aliphatic rings. The van der Waals surface area contributed by atoms with Gasteiger partial charge in [0.05, 0.1) is 11.0 Å². The molecule has 0 spiro atoms. The smallest absolute Gasteiger partial charge is 0.291 e. The second-order valence-electron chi connectivity index (χ2n) is 4.80. The minimum absolute atomic E-state index is 0.166. The largest absolute Gasteiger partial charge is 0.347 e. The van der Waals surface area contributed by atoms with Gasteiger partial charge in [-0.25, -0.2) is 9.97 Å². The fraction of sp³-hybridized carbons (Fsp3) is 0.286. The summed E-state index contributed by atoms with van der Waals surface area (Å²) in [4.78, 5) is 20.3. The third kappa shape index (κ3) is 2.62. The molecule has 1 amide bonds. The molecule has 3 rings (SSSR count). The van der Waals surface area contributed by atoms with Crippen LogP contribution in [0.5, 0.6) is 0 Å². The number of carbonyl (C=O) groups is 1. The molecule has 2 heterocycles. The third-order valence-electron chi connectivity index (χ3n) is 3.27. The van der Waals surface area contributed by atoms with Crippen LogP contribution in [0.1, 0.15) is 22.3 Å². The number of para-hydroxylation sites is 2. The lowest BCUT2D eigenvalue weighted by molar-refractivity contribution is 0.0942. The molecule has 0 bridgehead atoms. The molecule has 0 fully saturated rings. The van der Waals surface area contributed by atoms with Crippen molar-refractivity contribution in [2.45, 2.75) is 20.4 Å². The van der Waals surface area contributed by atoms with E-state index >= 15 is 0 Å². The van der Waals surface area contributed by atoms with Gasteiger partial charge in [0, 0.05) is 13.1 Å². The van der Waals surface area contributed by atoms with Crippen LogP contribution < -0.4 is 5.32 Å². The first-order valence-electron chi connectivity index (χ1n) is 6.74. The van der Waals surface area contributed by atoms with Gasteiger partial charge in [0.25, 0.3) is 5.91 Å². The summed E-state index contributed by atoms with van der Waals surface area (Å²) in [6.45, 7) is 4.86. The summed E-state index contributed by atoms with van der Waals surface area (Å²) in [7, 11) is 0. The molecule has 0 aliphatic carbocycles. The Morgan fingerprint density at radius 2 is 2.10 bits per heavy atom. The van der Waals surface area contributed by atoms with Gasteiger partial charge in [0.2, 0.25) is 5.82 Å². The summed E-state index contributed by atoms with van der Waals surface area (Å²) in [5.41, 5.74) is 2.03. The van der Waals surface area contributed by atoms with Gasteiger partial charge in [-0.05, 0) is 26.0 Å². The molecule has 1 aromatic carbocycles. The summed E-state index contributed by atoms with van der Waals surface area (Å²) < 4.78 is 2.08. The SMILES string of the molecule is Cc1nc(C(=O)NCCn2c(C)nc3ccccc32)n[nH]1. The highest BCUT2D eigenvalue weighted by molar-refractivity contribution is 5.90. The number of rotatable bonds is 4. The maximum Gasteiger partial charge on any atom is 0.291 e. The Morgan fingerprint density at radius 3 is 2.86 bits per heavy atom. The molecule has 108 valence electrons. The summed E-state index contributed by atoms with van der Waals surface area (Å²) in [5.74, 6) is 1.44. The number of amides is 1. The number of H-pyrrole nitrogens is 1. The lowest BCUT2D eigenvalue weighted by Crippen LogP contribution is -2.28. The van der Waals surface area contributed by atoms with E-state index in [2.05, 4.69) is 30.0 Å². The standard InChI is InChI=1S/C14H16N6O/c1-9-16-13(19-18-9)14(21)15-7-8-20-10(2)17-11-5-3-4-6-12(11)20/h3-6H,7-8H2,1-2H3,(H,15,21)(H,16,18,19). The lowest BCUT2D eigenvalue weighted by atomic mass is 10.3. The Morgan fingerprint density at radius 1 is 1.29 bits per heavy atom. The van der Waals surface area contributed by atoms with Gasteiger partial charge >= 0.3 is 0 Å². The number of aromatic amines is 1. The molecule has 0 saturated heterocycles. The monoisotopic (exact) mass is 284 g/mol. The van der Waals surface area contributed by atoms with E-state index in [4.69, 9.17) is 0 Å². The molecule has 7 nitrogen and oxygen atoms in total. The molecule has 0 saturated carbocycles. The molecule has 2 N–H and O–H groups in total. The van der Waals surface area contributed by atoms with Crippen LogP contribution in [-0.2, 0) is 6.54 Å². The normalized spacial score (nSPS) is 11.0. The Bertz CT molecular complexity index is 788. The van der Waals surface area contributed by atoms with Crippen LogP contribution in [0.25, 0.3) is 11.0 Å². The summed E-state index contributed by atoms with van der Waals surface area (Å²) in [6.07, 6.45) is 0. The zero-order chi connectivity index (χ0) is 14.8. The predicted octanol–water partition coefficient (Wildman–Crippen LogP) is 1.20. The molecule has 21 heavy (non-hydrogen) atoms. The van der Waals surface area contributed by atoms with Crippen LogP contribution in [-0.4, -0.2) is 37.2 Å². The molecule has 0 aliphatic heterocycles. The fourth-order valence-corrected chi connectivity index (χ4v) is 2.28. The van der Waals surface area contributed by atoms with E-state index in [1.54, 1.807) is 6.92 Å². The third-order valence-corrected chi connectivity index (χ3v) is 3.27. The van der Waals surface area contributed by atoms with Crippen LogP contribution in [0.2, 0.25) is 0 Å². The van der Waals surface area contributed by atoms with E-state index in [0.717, 1.165) is 16.9 Å². The van der Waals surface area contributed by atoms with Crippen molar-refractivity contribution in [2.75, 3.05) is 6.54 Å². The molecule has 2 aromatic heterocycles.